The summed E-state index contributed by atoms with van der Waals surface area (Å²) < 4.78 is 22.7. The van der Waals surface area contributed by atoms with Crippen LogP contribution >= 0.6 is 0 Å². The van der Waals surface area contributed by atoms with Crippen molar-refractivity contribution in [3.63, 3.8) is 0 Å². The van der Waals surface area contributed by atoms with E-state index in [-0.39, 0.29) is 36.0 Å². The van der Waals surface area contributed by atoms with E-state index in [4.69, 9.17) is 0 Å². The van der Waals surface area contributed by atoms with Gasteiger partial charge in [-0.2, -0.15) is 0 Å². The Kier molecular flexibility index (Phi) is 5.33. The van der Waals surface area contributed by atoms with Crippen molar-refractivity contribution < 1.29 is 13.2 Å². The molecule has 0 aromatic heterocycles. The van der Waals surface area contributed by atoms with Crippen molar-refractivity contribution in [1.29, 1.82) is 0 Å². The van der Waals surface area contributed by atoms with E-state index in [1.54, 1.807) is 6.92 Å². The second-order valence-electron chi connectivity index (χ2n) is 5.07. The molecule has 2 rings (SSSR count). The van der Waals surface area contributed by atoms with Crippen LogP contribution in [-0.4, -0.2) is 38.4 Å². The first-order chi connectivity index (χ1) is 10.0. The lowest BCUT2D eigenvalue weighted by Crippen LogP contribution is -2.44. The average molecular weight is 311 g/mol. The molecular weight excluding hydrogens is 290 g/mol. The van der Waals surface area contributed by atoms with Gasteiger partial charge in [-0.1, -0.05) is 37.3 Å². The standard InChI is InChI=1S/C14H21N3O3S/c1-2-21(19,20)9-8-15-14(18)13-10-12(16-17-13)11-6-4-3-5-7-11/h3-7,12-13,16-17H,2,8-10H2,1H3,(H,15,18). The van der Waals surface area contributed by atoms with Gasteiger partial charge >= 0.3 is 0 Å². The fourth-order valence-electron chi connectivity index (χ4n) is 2.23. The lowest BCUT2D eigenvalue weighted by Gasteiger charge is -2.10. The van der Waals surface area contributed by atoms with Crippen LogP contribution in [0.4, 0.5) is 0 Å². The largest absolute Gasteiger partial charge is 0.354 e. The zero-order valence-corrected chi connectivity index (χ0v) is 12.8. The highest BCUT2D eigenvalue weighted by Crippen LogP contribution is 2.21. The average Bonchev–Trinajstić information content (AvgIpc) is 2.98. The first-order valence-corrected chi connectivity index (χ1v) is 8.88. The Bertz CT molecular complexity index is 574. The highest BCUT2D eigenvalue weighted by atomic mass is 32.2. The molecule has 1 aliphatic rings. The second kappa shape index (κ2) is 7.02. The van der Waals surface area contributed by atoms with Crippen LogP contribution in [0.5, 0.6) is 0 Å². The number of rotatable bonds is 6. The smallest absolute Gasteiger partial charge is 0.238 e. The van der Waals surface area contributed by atoms with Crippen LogP contribution < -0.4 is 16.2 Å². The van der Waals surface area contributed by atoms with E-state index in [0.29, 0.717) is 6.42 Å². The number of hydrazine groups is 1. The molecular formula is C14H21N3O3S. The molecule has 0 aliphatic carbocycles. The molecule has 0 bridgehead atoms. The van der Waals surface area contributed by atoms with E-state index in [1.807, 2.05) is 30.3 Å². The van der Waals surface area contributed by atoms with Gasteiger partial charge in [0.2, 0.25) is 5.91 Å². The molecule has 116 valence electrons. The first-order valence-electron chi connectivity index (χ1n) is 7.06. The summed E-state index contributed by atoms with van der Waals surface area (Å²) in [6.07, 6.45) is 0.635. The van der Waals surface area contributed by atoms with E-state index >= 15 is 0 Å². The van der Waals surface area contributed by atoms with Gasteiger partial charge in [0.25, 0.3) is 0 Å². The zero-order chi connectivity index (χ0) is 15.3. The third kappa shape index (κ3) is 4.52. The third-order valence-corrected chi connectivity index (χ3v) is 5.28. The molecule has 0 saturated carbocycles. The number of sulfone groups is 1. The van der Waals surface area contributed by atoms with E-state index in [2.05, 4.69) is 16.2 Å². The van der Waals surface area contributed by atoms with Crippen molar-refractivity contribution >= 4 is 15.7 Å². The van der Waals surface area contributed by atoms with E-state index < -0.39 is 9.84 Å². The first kappa shape index (κ1) is 15.9. The van der Waals surface area contributed by atoms with Crippen LogP contribution in [0.25, 0.3) is 0 Å². The van der Waals surface area contributed by atoms with E-state index in [0.717, 1.165) is 5.56 Å². The van der Waals surface area contributed by atoms with Gasteiger partial charge in [0.1, 0.15) is 6.04 Å². The summed E-state index contributed by atoms with van der Waals surface area (Å²) in [7, 11) is -3.04. The Hall–Kier alpha value is -1.44. The summed E-state index contributed by atoms with van der Waals surface area (Å²) in [5, 5.41) is 2.67. The molecule has 2 unspecified atom stereocenters. The molecule has 6 nitrogen and oxygen atoms in total. The third-order valence-electron chi connectivity index (χ3n) is 3.57. The van der Waals surface area contributed by atoms with Gasteiger partial charge in [-0.15, -0.1) is 0 Å². The maximum absolute atomic E-state index is 12.0. The highest BCUT2D eigenvalue weighted by molar-refractivity contribution is 7.91. The molecule has 7 heteroatoms. The lowest BCUT2D eigenvalue weighted by atomic mass is 10.0. The van der Waals surface area contributed by atoms with Crippen LogP contribution in [-0.2, 0) is 14.6 Å². The molecule has 1 saturated heterocycles. The van der Waals surface area contributed by atoms with Crippen molar-refractivity contribution in [2.24, 2.45) is 0 Å². The Balaban J connectivity index is 1.80. The molecule has 0 radical (unpaired) electrons. The number of benzene rings is 1. The Labute approximate surface area is 125 Å². The summed E-state index contributed by atoms with van der Waals surface area (Å²) in [5.74, 6) is -0.0908. The normalized spacial score (nSPS) is 22.1. The minimum absolute atomic E-state index is 0.0164. The van der Waals surface area contributed by atoms with Crippen LogP contribution in [0.3, 0.4) is 0 Å². The van der Waals surface area contributed by atoms with Gasteiger partial charge in [-0.25, -0.2) is 19.3 Å². The van der Waals surface area contributed by atoms with E-state index in [1.165, 1.54) is 0 Å². The van der Waals surface area contributed by atoms with Crippen molar-refractivity contribution in [2.75, 3.05) is 18.1 Å². The van der Waals surface area contributed by atoms with E-state index in [9.17, 15) is 13.2 Å². The highest BCUT2D eigenvalue weighted by Gasteiger charge is 2.29. The minimum Gasteiger partial charge on any atom is -0.354 e. The topological polar surface area (TPSA) is 87.3 Å². The molecule has 21 heavy (non-hydrogen) atoms. The Morgan fingerprint density at radius 3 is 2.67 bits per heavy atom. The Morgan fingerprint density at radius 2 is 2.00 bits per heavy atom. The van der Waals surface area contributed by atoms with Crippen molar-refractivity contribution in [2.45, 2.75) is 25.4 Å². The maximum Gasteiger partial charge on any atom is 0.238 e. The summed E-state index contributed by atoms with van der Waals surface area (Å²) >= 11 is 0. The van der Waals surface area contributed by atoms with Crippen molar-refractivity contribution in [1.82, 2.24) is 16.2 Å². The molecule has 1 aromatic rings. The van der Waals surface area contributed by atoms with Gasteiger partial charge in [-0.05, 0) is 12.0 Å². The molecule has 1 aromatic carbocycles. The predicted octanol–water partition coefficient (Wildman–Crippen LogP) is 0.145. The summed E-state index contributed by atoms with van der Waals surface area (Å²) in [6.45, 7) is 1.76. The van der Waals surface area contributed by atoms with Gasteiger partial charge < -0.3 is 5.32 Å². The molecule has 1 heterocycles. The quantitative estimate of drug-likeness (QED) is 0.696. The number of hydrogen-bond acceptors (Lipinski definition) is 5. The van der Waals surface area contributed by atoms with Gasteiger partial charge in [0.05, 0.1) is 5.75 Å². The van der Waals surface area contributed by atoms with Crippen molar-refractivity contribution in [3.05, 3.63) is 35.9 Å². The minimum atomic E-state index is -3.04. The van der Waals surface area contributed by atoms with Crippen LogP contribution in [0.2, 0.25) is 0 Å². The van der Waals surface area contributed by atoms with Gasteiger partial charge in [0.15, 0.2) is 9.84 Å². The Morgan fingerprint density at radius 1 is 1.29 bits per heavy atom. The number of nitrogens with one attached hydrogen (secondary N) is 3. The molecule has 3 N–H and O–H groups in total. The zero-order valence-electron chi connectivity index (χ0n) is 12.0. The second-order valence-corrected chi connectivity index (χ2v) is 7.54. The monoisotopic (exact) mass is 311 g/mol. The van der Waals surface area contributed by atoms with Gasteiger partial charge in [-0.3, -0.25) is 4.79 Å². The molecule has 1 fully saturated rings. The predicted molar refractivity (Wildman–Crippen MR) is 81.2 cm³/mol. The fourth-order valence-corrected chi connectivity index (χ4v) is 2.93. The SMILES string of the molecule is CCS(=O)(=O)CCNC(=O)C1CC(c2ccccc2)NN1. The summed E-state index contributed by atoms with van der Waals surface area (Å²) in [5.41, 5.74) is 7.17. The van der Waals surface area contributed by atoms with Crippen LogP contribution in [0.1, 0.15) is 24.9 Å². The number of carbonyl (C=O) groups is 1. The lowest BCUT2D eigenvalue weighted by molar-refractivity contribution is -0.122. The van der Waals surface area contributed by atoms with Gasteiger partial charge in [0, 0.05) is 18.3 Å². The number of carbonyl (C=O) groups excluding carboxylic acids is 1. The molecule has 2 atom stereocenters. The fraction of sp³-hybridized carbons (Fsp3) is 0.500. The van der Waals surface area contributed by atoms with Crippen LogP contribution in [0, 0.1) is 0 Å². The summed E-state index contributed by atoms with van der Waals surface area (Å²) in [6, 6.07) is 9.62. The molecule has 1 amide bonds. The summed E-state index contributed by atoms with van der Waals surface area (Å²) in [4.78, 5) is 12.0. The maximum atomic E-state index is 12.0. The molecule has 0 spiro atoms. The number of amides is 1. The number of hydrogen-bond donors (Lipinski definition) is 3. The van der Waals surface area contributed by atoms with Crippen LogP contribution in [0.15, 0.2) is 30.3 Å². The van der Waals surface area contributed by atoms with Crippen molar-refractivity contribution in [3.8, 4) is 0 Å². The molecule has 1 aliphatic heterocycles.